The normalized spacial score (nSPS) is 9.25. The summed E-state index contributed by atoms with van der Waals surface area (Å²) in [6.07, 6.45) is 1.15. The van der Waals surface area contributed by atoms with Crippen molar-refractivity contribution >= 4 is 11.8 Å². The average Bonchev–Trinajstić information content (AvgIpc) is 1.88. The number of hydrogen-bond acceptors (Lipinski definition) is 2. The van der Waals surface area contributed by atoms with Crippen LogP contribution in [0.4, 0.5) is 0 Å². The molecule has 3 nitrogen and oxygen atoms in total. The first-order valence-corrected chi connectivity index (χ1v) is 3.86. The molecule has 0 fully saturated rings. The second kappa shape index (κ2) is 7.32. The summed E-state index contributed by atoms with van der Waals surface area (Å²) in [5.74, 6) is -1.24. The molecule has 0 aromatic carbocycles. The van der Waals surface area contributed by atoms with Crippen LogP contribution in [0.5, 0.6) is 0 Å². The van der Waals surface area contributed by atoms with Gasteiger partial charge in [-0.3, -0.25) is 9.59 Å². The van der Waals surface area contributed by atoms with E-state index in [0.29, 0.717) is 0 Å². The molecule has 1 N–H and O–H groups in total. The minimum Gasteiger partial charge on any atom is -0.481 e. The van der Waals surface area contributed by atoms with Crippen LogP contribution in [-0.4, -0.2) is 16.9 Å². The van der Waals surface area contributed by atoms with Crippen molar-refractivity contribution in [2.45, 2.75) is 33.1 Å². The van der Waals surface area contributed by atoms with Crippen molar-refractivity contribution < 1.29 is 31.8 Å². The molecule has 4 heteroatoms. The van der Waals surface area contributed by atoms with E-state index in [9.17, 15) is 9.59 Å². The monoisotopic (exact) mass is 221 g/mol. The molecular formula is C8H14CuO3. The third-order valence-corrected chi connectivity index (χ3v) is 1.77. The van der Waals surface area contributed by atoms with Crippen molar-refractivity contribution in [2.24, 2.45) is 5.92 Å². The summed E-state index contributed by atoms with van der Waals surface area (Å²) in [6, 6.07) is 0. The summed E-state index contributed by atoms with van der Waals surface area (Å²) < 4.78 is 0. The van der Waals surface area contributed by atoms with E-state index in [-0.39, 0.29) is 35.2 Å². The number of carboxylic acids is 1. The number of hydrogen-bond donors (Lipinski definition) is 1. The van der Waals surface area contributed by atoms with Crippen molar-refractivity contribution in [1.82, 2.24) is 0 Å². The quantitative estimate of drug-likeness (QED) is 0.565. The molecule has 12 heavy (non-hydrogen) atoms. The second-order valence-electron chi connectivity index (χ2n) is 2.55. The molecule has 0 aliphatic rings. The Kier molecular flexibility index (Phi) is 8.66. The molecule has 0 rings (SSSR count). The van der Waals surface area contributed by atoms with Gasteiger partial charge < -0.3 is 5.11 Å². The van der Waals surface area contributed by atoms with E-state index in [1.165, 1.54) is 0 Å². The molecule has 0 heterocycles. The van der Waals surface area contributed by atoms with Crippen LogP contribution in [0.1, 0.15) is 33.1 Å². The largest absolute Gasteiger partial charge is 0.481 e. The maximum absolute atomic E-state index is 11.0. The molecule has 0 atom stereocenters. The molecule has 1 radical (unpaired) electrons. The molecular weight excluding hydrogens is 208 g/mol. The summed E-state index contributed by atoms with van der Waals surface area (Å²) in [5.41, 5.74) is 0. The van der Waals surface area contributed by atoms with Crippen molar-refractivity contribution in [2.75, 3.05) is 0 Å². The van der Waals surface area contributed by atoms with Crippen LogP contribution in [0.15, 0.2) is 0 Å². The van der Waals surface area contributed by atoms with Crippen LogP contribution in [0, 0.1) is 5.92 Å². The van der Waals surface area contributed by atoms with Gasteiger partial charge in [0.25, 0.3) is 0 Å². The van der Waals surface area contributed by atoms with Gasteiger partial charge in [0.15, 0.2) is 0 Å². The number of carbonyl (C=O) groups is 2. The summed E-state index contributed by atoms with van der Waals surface area (Å²) in [6.45, 7) is 3.79. The van der Waals surface area contributed by atoms with Crippen LogP contribution in [0.2, 0.25) is 0 Å². The van der Waals surface area contributed by atoms with Gasteiger partial charge in [-0.2, -0.15) is 0 Å². The smallest absolute Gasteiger partial charge is 0.310 e. The Morgan fingerprint density at radius 2 is 1.67 bits per heavy atom. The zero-order valence-corrected chi connectivity index (χ0v) is 8.21. The van der Waals surface area contributed by atoms with Crippen LogP contribution in [0.3, 0.4) is 0 Å². The molecule has 0 aromatic rings. The Hall–Kier alpha value is -0.341. The first-order chi connectivity index (χ1) is 5.11. The SMILES string of the molecule is CCC(CC)C(=O)CC(=O)O.[Cu]. The summed E-state index contributed by atoms with van der Waals surface area (Å²) in [7, 11) is 0. The van der Waals surface area contributed by atoms with E-state index in [4.69, 9.17) is 5.11 Å². The number of ketones is 1. The van der Waals surface area contributed by atoms with Gasteiger partial charge >= 0.3 is 5.97 Å². The topological polar surface area (TPSA) is 54.4 Å². The van der Waals surface area contributed by atoms with Crippen molar-refractivity contribution in [3.63, 3.8) is 0 Å². The number of carbonyl (C=O) groups excluding carboxylic acids is 1. The van der Waals surface area contributed by atoms with Gasteiger partial charge in [0.1, 0.15) is 12.2 Å². The summed E-state index contributed by atoms with van der Waals surface area (Å²) >= 11 is 0. The number of aliphatic carboxylic acids is 1. The van der Waals surface area contributed by atoms with Gasteiger partial charge in [0, 0.05) is 23.0 Å². The third-order valence-electron chi connectivity index (χ3n) is 1.77. The average molecular weight is 222 g/mol. The molecule has 0 bridgehead atoms. The van der Waals surface area contributed by atoms with Crippen molar-refractivity contribution in [1.29, 1.82) is 0 Å². The van der Waals surface area contributed by atoms with E-state index in [1.54, 1.807) is 0 Å². The van der Waals surface area contributed by atoms with E-state index in [0.717, 1.165) is 12.8 Å². The molecule has 0 saturated carbocycles. The molecule has 0 unspecified atom stereocenters. The fourth-order valence-electron chi connectivity index (χ4n) is 1.04. The zero-order valence-electron chi connectivity index (χ0n) is 7.26. The van der Waals surface area contributed by atoms with E-state index >= 15 is 0 Å². The molecule has 0 aromatic heterocycles. The summed E-state index contributed by atoms with van der Waals surface area (Å²) in [4.78, 5) is 21.2. The zero-order chi connectivity index (χ0) is 8.85. The Balaban J connectivity index is 0. The van der Waals surface area contributed by atoms with Gasteiger partial charge in [0.2, 0.25) is 0 Å². The molecule has 0 aliphatic carbocycles. The number of Topliss-reactive ketones (excluding diaryl/α,β-unsaturated/α-hetero) is 1. The van der Waals surface area contributed by atoms with E-state index in [1.807, 2.05) is 13.8 Å². The predicted octanol–water partition coefficient (Wildman–Crippen LogP) is 1.46. The van der Waals surface area contributed by atoms with E-state index < -0.39 is 5.97 Å². The van der Waals surface area contributed by atoms with Crippen LogP contribution in [-0.2, 0) is 26.7 Å². The second-order valence-corrected chi connectivity index (χ2v) is 2.55. The first kappa shape index (κ1) is 14.2. The fourth-order valence-corrected chi connectivity index (χ4v) is 1.04. The van der Waals surface area contributed by atoms with Crippen LogP contribution < -0.4 is 0 Å². The Bertz CT molecular complexity index is 152. The molecule has 0 amide bonds. The molecule has 0 spiro atoms. The standard InChI is InChI=1S/C8H14O3.Cu/c1-3-6(4-2)7(9)5-8(10)11;/h6H,3-5H2,1-2H3,(H,10,11);. The molecule has 0 saturated heterocycles. The Morgan fingerprint density at radius 1 is 1.25 bits per heavy atom. The van der Waals surface area contributed by atoms with Gasteiger partial charge in [-0.15, -0.1) is 0 Å². The third kappa shape index (κ3) is 5.33. The molecule has 75 valence electrons. The molecule has 0 aliphatic heterocycles. The maximum Gasteiger partial charge on any atom is 0.310 e. The van der Waals surface area contributed by atoms with Crippen LogP contribution in [0.25, 0.3) is 0 Å². The van der Waals surface area contributed by atoms with Gasteiger partial charge in [-0.25, -0.2) is 0 Å². The minimum absolute atomic E-state index is 0. The van der Waals surface area contributed by atoms with Crippen molar-refractivity contribution in [3.8, 4) is 0 Å². The predicted molar refractivity (Wildman–Crippen MR) is 41.3 cm³/mol. The van der Waals surface area contributed by atoms with Gasteiger partial charge in [-0.05, 0) is 12.8 Å². The minimum atomic E-state index is -1.03. The summed E-state index contributed by atoms with van der Waals surface area (Å²) in [5, 5.41) is 8.30. The van der Waals surface area contributed by atoms with Crippen LogP contribution >= 0.6 is 0 Å². The first-order valence-electron chi connectivity index (χ1n) is 3.86. The Morgan fingerprint density at radius 3 is 1.92 bits per heavy atom. The number of carboxylic acid groups (broad SMARTS) is 1. The number of rotatable bonds is 5. The fraction of sp³-hybridized carbons (Fsp3) is 0.750. The van der Waals surface area contributed by atoms with Gasteiger partial charge in [0.05, 0.1) is 0 Å². The van der Waals surface area contributed by atoms with Crippen molar-refractivity contribution in [3.05, 3.63) is 0 Å². The Labute approximate surface area is 83.0 Å². The maximum atomic E-state index is 11.0. The van der Waals surface area contributed by atoms with E-state index in [2.05, 4.69) is 0 Å². The van der Waals surface area contributed by atoms with Gasteiger partial charge in [-0.1, -0.05) is 13.8 Å².